The molecule has 0 saturated carbocycles. The van der Waals surface area contributed by atoms with Crippen molar-refractivity contribution >= 4 is 0 Å². The van der Waals surface area contributed by atoms with Gasteiger partial charge in [-0.1, -0.05) is 12.1 Å². The van der Waals surface area contributed by atoms with Crippen LogP contribution >= 0.6 is 0 Å². The summed E-state index contributed by atoms with van der Waals surface area (Å²) in [4.78, 5) is 4.21. The fourth-order valence-corrected chi connectivity index (χ4v) is 1.68. The third-order valence-corrected chi connectivity index (χ3v) is 2.70. The monoisotopic (exact) mass is 254 g/mol. The molecule has 19 heavy (non-hydrogen) atoms. The summed E-state index contributed by atoms with van der Waals surface area (Å²) in [6, 6.07) is 12.9. The molecule has 0 aliphatic carbocycles. The summed E-state index contributed by atoms with van der Waals surface area (Å²) >= 11 is 0. The third-order valence-electron chi connectivity index (χ3n) is 2.70. The average Bonchev–Trinajstić information content (AvgIpc) is 2.46. The van der Waals surface area contributed by atoms with Crippen molar-refractivity contribution in [3.05, 3.63) is 58.9 Å². The number of hydrogen-bond acceptors (Lipinski definition) is 4. The number of ether oxygens (including phenoxy) is 1. The highest BCUT2D eigenvalue weighted by Gasteiger charge is 2.05. The van der Waals surface area contributed by atoms with Gasteiger partial charge in [-0.2, -0.15) is 5.26 Å². The van der Waals surface area contributed by atoms with Gasteiger partial charge < -0.3 is 9.84 Å². The van der Waals surface area contributed by atoms with Crippen molar-refractivity contribution in [1.82, 2.24) is 4.98 Å². The lowest BCUT2D eigenvalue weighted by molar-refractivity contribution is 0.253. The van der Waals surface area contributed by atoms with Crippen LogP contribution in [0.15, 0.2) is 36.4 Å². The van der Waals surface area contributed by atoms with Crippen molar-refractivity contribution in [3.63, 3.8) is 0 Å². The Morgan fingerprint density at radius 2 is 1.95 bits per heavy atom. The number of hydrogen-bond donors (Lipinski definition) is 1. The van der Waals surface area contributed by atoms with E-state index >= 15 is 0 Å². The number of benzene rings is 1. The first kappa shape index (κ1) is 13.1. The minimum atomic E-state index is -0.148. The average molecular weight is 254 g/mol. The molecule has 2 rings (SSSR count). The van der Waals surface area contributed by atoms with Crippen LogP contribution in [0.4, 0.5) is 0 Å². The number of aromatic nitrogens is 1. The Morgan fingerprint density at radius 3 is 2.58 bits per heavy atom. The van der Waals surface area contributed by atoms with Gasteiger partial charge in [0.25, 0.3) is 0 Å². The van der Waals surface area contributed by atoms with Crippen molar-refractivity contribution < 1.29 is 9.84 Å². The zero-order chi connectivity index (χ0) is 13.7. The topological polar surface area (TPSA) is 66.1 Å². The zero-order valence-corrected chi connectivity index (χ0v) is 10.6. The number of nitrogens with zero attached hydrogens (tertiary/aromatic N) is 2. The molecule has 0 saturated heterocycles. The Morgan fingerprint density at radius 1 is 1.21 bits per heavy atom. The largest absolute Gasteiger partial charge is 0.487 e. The maximum atomic E-state index is 9.23. The van der Waals surface area contributed by atoms with Gasteiger partial charge in [-0.05, 0) is 36.8 Å². The molecule has 1 N–H and O–H groups in total. The first-order chi connectivity index (χ1) is 9.22. The van der Waals surface area contributed by atoms with E-state index in [1.165, 1.54) is 0 Å². The summed E-state index contributed by atoms with van der Waals surface area (Å²) in [6.45, 7) is 2.09. The second-order valence-corrected chi connectivity index (χ2v) is 4.15. The van der Waals surface area contributed by atoms with Gasteiger partial charge in [0.15, 0.2) is 0 Å². The predicted octanol–water partition coefficient (Wildman–Crippen LogP) is 2.33. The van der Waals surface area contributed by atoms with Crippen LogP contribution in [-0.4, -0.2) is 10.1 Å². The molecule has 4 heteroatoms. The van der Waals surface area contributed by atoms with E-state index in [9.17, 15) is 5.11 Å². The number of nitriles is 1. The highest BCUT2D eigenvalue weighted by Crippen LogP contribution is 2.18. The van der Waals surface area contributed by atoms with Crippen molar-refractivity contribution in [1.29, 1.82) is 5.26 Å². The van der Waals surface area contributed by atoms with Gasteiger partial charge in [-0.25, -0.2) is 0 Å². The van der Waals surface area contributed by atoms with Gasteiger partial charge in [-0.15, -0.1) is 0 Å². The van der Waals surface area contributed by atoms with Gasteiger partial charge in [0.05, 0.1) is 18.2 Å². The van der Waals surface area contributed by atoms with E-state index < -0.39 is 0 Å². The van der Waals surface area contributed by atoms with Gasteiger partial charge in [-0.3, -0.25) is 4.98 Å². The summed E-state index contributed by atoms with van der Waals surface area (Å²) in [5, 5.41) is 17.9. The molecule has 0 unspecified atom stereocenters. The molecule has 0 bridgehead atoms. The Kier molecular flexibility index (Phi) is 4.11. The number of pyridine rings is 1. The predicted molar refractivity (Wildman–Crippen MR) is 70.4 cm³/mol. The van der Waals surface area contributed by atoms with Crippen LogP contribution in [-0.2, 0) is 13.2 Å². The summed E-state index contributed by atoms with van der Waals surface area (Å²) in [5.74, 6) is 0.581. The van der Waals surface area contributed by atoms with E-state index in [2.05, 4.69) is 11.1 Å². The second-order valence-electron chi connectivity index (χ2n) is 4.15. The van der Waals surface area contributed by atoms with Crippen LogP contribution in [0.5, 0.6) is 5.75 Å². The van der Waals surface area contributed by atoms with Crippen molar-refractivity contribution in [2.45, 2.75) is 20.1 Å². The number of aliphatic hydroxyl groups is 1. The van der Waals surface area contributed by atoms with E-state index in [-0.39, 0.29) is 6.61 Å². The SMILES string of the molecule is Cc1ccc(OCc2ccc(C#N)cc2)c(CO)n1. The lowest BCUT2D eigenvalue weighted by atomic mass is 10.1. The Hall–Kier alpha value is -2.38. The smallest absolute Gasteiger partial charge is 0.143 e. The fourth-order valence-electron chi connectivity index (χ4n) is 1.68. The van der Waals surface area contributed by atoms with Crippen molar-refractivity contribution in [2.75, 3.05) is 0 Å². The van der Waals surface area contributed by atoms with Gasteiger partial charge >= 0.3 is 0 Å². The number of aryl methyl sites for hydroxylation is 1. The van der Waals surface area contributed by atoms with Gasteiger partial charge in [0.1, 0.15) is 18.1 Å². The van der Waals surface area contributed by atoms with Crippen LogP contribution in [0.25, 0.3) is 0 Å². The molecule has 1 heterocycles. The maximum Gasteiger partial charge on any atom is 0.143 e. The quantitative estimate of drug-likeness (QED) is 0.909. The van der Waals surface area contributed by atoms with Crippen LogP contribution in [0, 0.1) is 18.3 Å². The van der Waals surface area contributed by atoms with E-state index in [1.807, 2.05) is 25.1 Å². The molecular formula is C15H14N2O2. The van der Waals surface area contributed by atoms with Crippen LogP contribution in [0.2, 0.25) is 0 Å². The molecule has 96 valence electrons. The molecule has 0 radical (unpaired) electrons. The van der Waals surface area contributed by atoms with Crippen LogP contribution in [0.3, 0.4) is 0 Å². The number of aliphatic hydroxyl groups excluding tert-OH is 1. The maximum absolute atomic E-state index is 9.23. The molecule has 0 atom stereocenters. The minimum absolute atomic E-state index is 0.148. The standard InChI is InChI=1S/C15H14N2O2/c1-11-2-7-15(14(9-18)17-11)19-10-13-5-3-12(8-16)4-6-13/h2-7,18H,9-10H2,1H3. The lowest BCUT2D eigenvalue weighted by Crippen LogP contribution is -2.01. The second kappa shape index (κ2) is 5.98. The molecule has 0 fully saturated rings. The molecule has 1 aromatic heterocycles. The Labute approximate surface area is 111 Å². The van der Waals surface area contributed by atoms with E-state index in [0.717, 1.165) is 11.3 Å². The molecular weight excluding hydrogens is 240 g/mol. The summed E-state index contributed by atoms with van der Waals surface area (Å²) < 4.78 is 5.64. The molecule has 0 amide bonds. The van der Waals surface area contributed by atoms with E-state index in [4.69, 9.17) is 10.00 Å². The highest BCUT2D eigenvalue weighted by molar-refractivity contribution is 5.32. The minimum Gasteiger partial charge on any atom is -0.487 e. The first-order valence-electron chi connectivity index (χ1n) is 5.92. The summed E-state index contributed by atoms with van der Waals surface area (Å²) in [5.41, 5.74) is 2.96. The molecule has 2 aromatic rings. The third kappa shape index (κ3) is 3.30. The lowest BCUT2D eigenvalue weighted by Gasteiger charge is -2.10. The van der Waals surface area contributed by atoms with Crippen molar-refractivity contribution in [3.8, 4) is 11.8 Å². The number of rotatable bonds is 4. The van der Waals surface area contributed by atoms with Crippen LogP contribution in [0.1, 0.15) is 22.5 Å². The van der Waals surface area contributed by atoms with Gasteiger partial charge in [0, 0.05) is 5.69 Å². The highest BCUT2D eigenvalue weighted by atomic mass is 16.5. The molecule has 1 aromatic carbocycles. The normalized spacial score (nSPS) is 9.95. The summed E-state index contributed by atoms with van der Waals surface area (Å²) in [7, 11) is 0. The van der Waals surface area contributed by atoms with Gasteiger partial charge in [0.2, 0.25) is 0 Å². The summed E-state index contributed by atoms with van der Waals surface area (Å²) in [6.07, 6.45) is 0. The van der Waals surface area contributed by atoms with E-state index in [0.29, 0.717) is 23.6 Å². The van der Waals surface area contributed by atoms with E-state index in [1.54, 1.807) is 18.2 Å². The molecule has 0 spiro atoms. The zero-order valence-electron chi connectivity index (χ0n) is 10.6. The Balaban J connectivity index is 2.07. The van der Waals surface area contributed by atoms with Crippen LogP contribution < -0.4 is 4.74 Å². The Bertz CT molecular complexity index is 601. The first-order valence-corrected chi connectivity index (χ1v) is 5.92. The molecule has 0 aliphatic heterocycles. The molecule has 0 aliphatic rings. The fraction of sp³-hybridized carbons (Fsp3) is 0.200. The van der Waals surface area contributed by atoms with Crippen molar-refractivity contribution in [2.24, 2.45) is 0 Å². The molecule has 4 nitrogen and oxygen atoms in total.